The molecule has 3 nitrogen and oxygen atoms in total. The van der Waals surface area contributed by atoms with Crippen LogP contribution < -0.4 is 5.56 Å². The van der Waals surface area contributed by atoms with Crippen LogP contribution in [0.1, 0.15) is 30.9 Å². The van der Waals surface area contributed by atoms with Crippen molar-refractivity contribution in [1.29, 1.82) is 0 Å². The van der Waals surface area contributed by atoms with Crippen molar-refractivity contribution in [3.63, 3.8) is 0 Å². The quantitative estimate of drug-likeness (QED) is 0.809. The molecule has 0 saturated heterocycles. The summed E-state index contributed by atoms with van der Waals surface area (Å²) in [7, 11) is 0. The molecule has 0 bridgehead atoms. The van der Waals surface area contributed by atoms with E-state index in [2.05, 4.69) is 20.9 Å². The lowest BCUT2D eigenvalue weighted by atomic mass is 9.93. The average Bonchev–Trinajstić information content (AvgIpc) is 2.24. The molecule has 0 amide bonds. The van der Waals surface area contributed by atoms with Gasteiger partial charge in [-0.1, -0.05) is 15.9 Å². The van der Waals surface area contributed by atoms with Gasteiger partial charge in [0.15, 0.2) is 0 Å². The van der Waals surface area contributed by atoms with Crippen LogP contribution in [-0.2, 0) is 0 Å². The highest BCUT2D eigenvalue weighted by atomic mass is 79.9. The van der Waals surface area contributed by atoms with Gasteiger partial charge < -0.3 is 0 Å². The third kappa shape index (κ3) is 1.62. The van der Waals surface area contributed by atoms with Gasteiger partial charge in [-0.3, -0.25) is 9.36 Å². The standard InChI is InChI=1S/C13H13BrN2O/c1-8-10(14)5-6-11-12(8)13(17)16(7-15-11)9-3-2-4-9/h5-7,9H,2-4H2,1H3. The van der Waals surface area contributed by atoms with Gasteiger partial charge in [-0.15, -0.1) is 0 Å². The Balaban J connectivity index is 2.32. The predicted octanol–water partition coefficient (Wildman–Crippen LogP) is 3.19. The first-order valence-electron chi connectivity index (χ1n) is 5.84. The van der Waals surface area contributed by atoms with Crippen molar-refractivity contribution in [2.24, 2.45) is 0 Å². The summed E-state index contributed by atoms with van der Waals surface area (Å²) in [5.74, 6) is 0. The topological polar surface area (TPSA) is 34.9 Å². The molecular weight excluding hydrogens is 280 g/mol. The molecule has 4 heteroatoms. The van der Waals surface area contributed by atoms with Crippen molar-refractivity contribution >= 4 is 26.8 Å². The molecule has 3 rings (SSSR count). The summed E-state index contributed by atoms with van der Waals surface area (Å²) in [6.07, 6.45) is 5.11. The molecule has 1 fully saturated rings. The molecule has 1 aliphatic rings. The summed E-state index contributed by atoms with van der Waals surface area (Å²) in [5.41, 5.74) is 1.86. The molecule has 2 aromatic rings. The third-order valence-corrected chi connectivity index (χ3v) is 4.47. The zero-order valence-corrected chi connectivity index (χ0v) is 11.2. The summed E-state index contributed by atoms with van der Waals surface area (Å²) in [6, 6.07) is 4.19. The number of aryl methyl sites for hydroxylation is 1. The Morgan fingerprint density at radius 1 is 1.41 bits per heavy atom. The maximum atomic E-state index is 12.4. The second kappa shape index (κ2) is 3.95. The van der Waals surface area contributed by atoms with Crippen molar-refractivity contribution < 1.29 is 0 Å². The van der Waals surface area contributed by atoms with E-state index in [0.717, 1.165) is 33.8 Å². The van der Waals surface area contributed by atoms with Crippen molar-refractivity contribution in [1.82, 2.24) is 9.55 Å². The maximum Gasteiger partial charge on any atom is 0.261 e. The summed E-state index contributed by atoms with van der Waals surface area (Å²) < 4.78 is 2.76. The summed E-state index contributed by atoms with van der Waals surface area (Å²) in [4.78, 5) is 16.8. The number of benzene rings is 1. The van der Waals surface area contributed by atoms with Crippen LogP contribution in [0.2, 0.25) is 0 Å². The molecular formula is C13H13BrN2O. The Bertz CT molecular complexity index is 644. The second-order valence-electron chi connectivity index (χ2n) is 4.61. The first kappa shape index (κ1) is 11.0. The fourth-order valence-corrected chi connectivity index (χ4v) is 2.61. The van der Waals surface area contributed by atoms with Crippen LogP contribution in [0.15, 0.2) is 27.7 Å². The number of hydrogen-bond acceptors (Lipinski definition) is 2. The molecule has 1 saturated carbocycles. The number of aromatic nitrogens is 2. The first-order valence-corrected chi connectivity index (χ1v) is 6.64. The molecule has 88 valence electrons. The highest BCUT2D eigenvalue weighted by Crippen LogP contribution is 2.30. The number of halogens is 1. The molecule has 1 aromatic carbocycles. The van der Waals surface area contributed by atoms with Crippen LogP contribution in [0, 0.1) is 6.92 Å². The van der Waals surface area contributed by atoms with E-state index in [0.29, 0.717) is 6.04 Å². The van der Waals surface area contributed by atoms with Crippen LogP contribution in [0.3, 0.4) is 0 Å². The van der Waals surface area contributed by atoms with Crippen LogP contribution in [0.25, 0.3) is 10.9 Å². The second-order valence-corrected chi connectivity index (χ2v) is 5.46. The number of fused-ring (bicyclic) bond motifs is 1. The van der Waals surface area contributed by atoms with Crippen molar-refractivity contribution in [3.8, 4) is 0 Å². The van der Waals surface area contributed by atoms with Crippen LogP contribution in [0.5, 0.6) is 0 Å². The van der Waals surface area contributed by atoms with Crippen LogP contribution >= 0.6 is 15.9 Å². The van der Waals surface area contributed by atoms with E-state index in [1.165, 1.54) is 6.42 Å². The van der Waals surface area contributed by atoms with Gasteiger partial charge in [0.25, 0.3) is 5.56 Å². The monoisotopic (exact) mass is 292 g/mol. The highest BCUT2D eigenvalue weighted by Gasteiger charge is 2.21. The van der Waals surface area contributed by atoms with Crippen molar-refractivity contribution in [2.75, 3.05) is 0 Å². The largest absolute Gasteiger partial charge is 0.296 e. The Hall–Kier alpha value is -1.16. The lowest BCUT2D eigenvalue weighted by Crippen LogP contribution is -2.29. The minimum absolute atomic E-state index is 0.0958. The smallest absolute Gasteiger partial charge is 0.261 e. The SMILES string of the molecule is Cc1c(Br)ccc2ncn(C3CCC3)c(=O)c12. The van der Waals surface area contributed by atoms with Crippen molar-refractivity contribution in [2.45, 2.75) is 32.2 Å². The lowest BCUT2D eigenvalue weighted by molar-refractivity contribution is 0.305. The zero-order valence-electron chi connectivity index (χ0n) is 9.61. The lowest BCUT2D eigenvalue weighted by Gasteiger charge is -2.27. The zero-order chi connectivity index (χ0) is 12.0. The van der Waals surface area contributed by atoms with Crippen molar-refractivity contribution in [3.05, 3.63) is 38.9 Å². The molecule has 1 aromatic heterocycles. The van der Waals surface area contributed by atoms with Gasteiger partial charge in [-0.2, -0.15) is 0 Å². The third-order valence-electron chi connectivity index (χ3n) is 3.61. The van der Waals surface area contributed by atoms with Gasteiger partial charge in [-0.05, 0) is 43.9 Å². The predicted molar refractivity (Wildman–Crippen MR) is 71.3 cm³/mol. The van der Waals surface area contributed by atoms with Gasteiger partial charge in [-0.25, -0.2) is 4.98 Å². The van der Waals surface area contributed by atoms with Crippen LogP contribution in [0.4, 0.5) is 0 Å². The normalized spacial score (nSPS) is 16.1. The Kier molecular flexibility index (Phi) is 2.54. The minimum Gasteiger partial charge on any atom is -0.296 e. The minimum atomic E-state index is 0.0958. The van der Waals surface area contributed by atoms with E-state index in [9.17, 15) is 4.79 Å². The van der Waals surface area contributed by atoms with Gasteiger partial charge >= 0.3 is 0 Å². The fourth-order valence-electron chi connectivity index (χ4n) is 2.28. The average molecular weight is 293 g/mol. The number of rotatable bonds is 1. The van der Waals surface area contributed by atoms with E-state index in [-0.39, 0.29) is 5.56 Å². The van der Waals surface area contributed by atoms with Gasteiger partial charge in [0.05, 0.1) is 17.2 Å². The molecule has 0 N–H and O–H groups in total. The Labute approximate surface area is 108 Å². The van der Waals surface area contributed by atoms with Gasteiger partial charge in [0.2, 0.25) is 0 Å². The molecule has 0 radical (unpaired) electrons. The fraction of sp³-hybridized carbons (Fsp3) is 0.385. The van der Waals surface area contributed by atoms with E-state index in [1.54, 1.807) is 10.9 Å². The van der Waals surface area contributed by atoms with Gasteiger partial charge in [0, 0.05) is 10.5 Å². The molecule has 17 heavy (non-hydrogen) atoms. The van der Waals surface area contributed by atoms with Gasteiger partial charge in [0.1, 0.15) is 0 Å². The van der Waals surface area contributed by atoms with Crippen LogP contribution in [-0.4, -0.2) is 9.55 Å². The molecule has 0 aliphatic heterocycles. The molecule has 0 unspecified atom stereocenters. The summed E-state index contributed by atoms with van der Waals surface area (Å²) in [6.45, 7) is 1.96. The number of nitrogens with zero attached hydrogens (tertiary/aromatic N) is 2. The summed E-state index contributed by atoms with van der Waals surface area (Å²) in [5, 5.41) is 0.744. The highest BCUT2D eigenvalue weighted by molar-refractivity contribution is 9.10. The number of hydrogen-bond donors (Lipinski definition) is 0. The van der Waals surface area contributed by atoms with E-state index in [4.69, 9.17) is 0 Å². The maximum absolute atomic E-state index is 12.4. The molecule has 0 spiro atoms. The Morgan fingerprint density at radius 2 is 2.18 bits per heavy atom. The summed E-state index contributed by atoms with van der Waals surface area (Å²) >= 11 is 3.47. The van der Waals surface area contributed by atoms with E-state index >= 15 is 0 Å². The molecule has 0 atom stereocenters. The first-order chi connectivity index (χ1) is 8.18. The molecule has 1 heterocycles. The molecule has 1 aliphatic carbocycles. The Morgan fingerprint density at radius 3 is 2.82 bits per heavy atom. The van der Waals surface area contributed by atoms with E-state index < -0.39 is 0 Å². The van der Waals surface area contributed by atoms with E-state index in [1.807, 2.05) is 19.1 Å².